The van der Waals surface area contributed by atoms with Gasteiger partial charge in [0.1, 0.15) is 17.7 Å². The third-order valence-electron chi connectivity index (χ3n) is 4.91. The molecule has 1 heterocycles. The first kappa shape index (κ1) is 25.2. The Morgan fingerprint density at radius 2 is 1.75 bits per heavy atom. The van der Waals surface area contributed by atoms with E-state index in [1.807, 2.05) is 55.9 Å². The molecule has 8 heteroatoms. The molecule has 8 nitrogen and oxygen atoms in total. The standard InChI is InChI=1S/C24H35N3O5/c1-8-31-22(29)18(13-16-14-27(7)19-12-10-9-11-17(16)19)25-21(28)20(15(2)3)26-23(30)32-24(4,5)6/h9-12,14-15,18,20H,8,13H2,1-7H3,(H,25,28)(H,26,30)/t18?,20-/m0/s1. The van der Waals surface area contributed by atoms with Crippen molar-refractivity contribution >= 4 is 28.9 Å². The average Bonchev–Trinajstić information content (AvgIpc) is 3.00. The minimum absolute atomic E-state index is 0.199. The molecule has 0 bridgehead atoms. The number of nitrogens with zero attached hydrogens (tertiary/aromatic N) is 1. The van der Waals surface area contributed by atoms with Crippen LogP contribution in [0.4, 0.5) is 4.79 Å². The summed E-state index contributed by atoms with van der Waals surface area (Å²) in [5, 5.41) is 6.40. The number of amides is 2. The summed E-state index contributed by atoms with van der Waals surface area (Å²) < 4.78 is 12.5. The van der Waals surface area contributed by atoms with Crippen molar-refractivity contribution in [1.82, 2.24) is 15.2 Å². The fraction of sp³-hybridized carbons (Fsp3) is 0.542. The molecule has 2 N–H and O–H groups in total. The van der Waals surface area contributed by atoms with Gasteiger partial charge >= 0.3 is 12.1 Å². The number of benzene rings is 1. The first-order valence-corrected chi connectivity index (χ1v) is 10.9. The maximum absolute atomic E-state index is 13.1. The summed E-state index contributed by atoms with van der Waals surface area (Å²) in [7, 11) is 1.93. The van der Waals surface area contributed by atoms with E-state index in [9.17, 15) is 14.4 Å². The molecule has 0 spiro atoms. The van der Waals surface area contributed by atoms with E-state index in [4.69, 9.17) is 9.47 Å². The number of alkyl carbamates (subject to hydrolysis) is 1. The fourth-order valence-corrected chi connectivity index (χ4v) is 3.48. The molecule has 0 aliphatic rings. The van der Waals surface area contributed by atoms with Gasteiger partial charge in [0.05, 0.1) is 6.61 Å². The minimum atomic E-state index is -0.894. The molecule has 0 saturated carbocycles. The van der Waals surface area contributed by atoms with Crippen LogP contribution in [0.15, 0.2) is 30.5 Å². The van der Waals surface area contributed by atoms with E-state index < -0.39 is 35.7 Å². The van der Waals surface area contributed by atoms with Crippen LogP contribution in [0.1, 0.15) is 47.1 Å². The third-order valence-corrected chi connectivity index (χ3v) is 4.91. The van der Waals surface area contributed by atoms with E-state index in [-0.39, 0.29) is 18.9 Å². The highest BCUT2D eigenvalue weighted by Crippen LogP contribution is 2.22. The number of esters is 1. The minimum Gasteiger partial charge on any atom is -0.464 e. The smallest absolute Gasteiger partial charge is 0.408 e. The Kier molecular flexibility index (Phi) is 8.30. The topological polar surface area (TPSA) is 98.7 Å². The fourth-order valence-electron chi connectivity index (χ4n) is 3.48. The molecule has 0 aliphatic carbocycles. The first-order chi connectivity index (χ1) is 14.9. The van der Waals surface area contributed by atoms with Crippen LogP contribution in [0.5, 0.6) is 0 Å². The van der Waals surface area contributed by atoms with Crippen LogP contribution >= 0.6 is 0 Å². The van der Waals surface area contributed by atoms with Crippen LogP contribution in [0, 0.1) is 5.92 Å². The maximum Gasteiger partial charge on any atom is 0.408 e. The Balaban J connectivity index is 2.23. The van der Waals surface area contributed by atoms with Gasteiger partial charge < -0.3 is 24.7 Å². The molecule has 2 atom stereocenters. The van der Waals surface area contributed by atoms with Crippen molar-refractivity contribution < 1.29 is 23.9 Å². The van der Waals surface area contributed by atoms with Gasteiger partial charge in [-0.15, -0.1) is 0 Å². The van der Waals surface area contributed by atoms with Gasteiger partial charge in [0.15, 0.2) is 0 Å². The summed E-state index contributed by atoms with van der Waals surface area (Å²) in [5.74, 6) is -1.21. The number of hydrogen-bond donors (Lipinski definition) is 2. The number of ether oxygens (including phenoxy) is 2. The summed E-state index contributed by atoms with van der Waals surface area (Å²) in [4.78, 5) is 38.0. The van der Waals surface area contributed by atoms with E-state index in [1.54, 1.807) is 27.7 Å². The molecular formula is C24H35N3O5. The highest BCUT2D eigenvalue weighted by molar-refractivity contribution is 5.91. The number of carbonyl (C=O) groups excluding carboxylic acids is 3. The lowest BCUT2D eigenvalue weighted by Crippen LogP contribution is -2.55. The quantitative estimate of drug-likeness (QED) is 0.608. The molecule has 0 fully saturated rings. The molecule has 0 radical (unpaired) electrons. The van der Waals surface area contributed by atoms with E-state index in [0.29, 0.717) is 0 Å². The molecule has 1 aromatic heterocycles. The molecule has 1 unspecified atom stereocenters. The molecule has 2 amide bonds. The van der Waals surface area contributed by atoms with Crippen LogP contribution in [-0.2, 0) is 32.5 Å². The number of para-hydroxylation sites is 1. The highest BCUT2D eigenvalue weighted by atomic mass is 16.6. The summed E-state index contributed by atoms with van der Waals surface area (Å²) in [6, 6.07) is 6.10. The number of fused-ring (bicyclic) bond motifs is 1. The van der Waals surface area contributed by atoms with Crippen LogP contribution < -0.4 is 10.6 Å². The number of aryl methyl sites for hydroxylation is 1. The monoisotopic (exact) mass is 445 g/mol. The number of nitrogens with one attached hydrogen (secondary N) is 2. The van der Waals surface area contributed by atoms with Crippen LogP contribution in [0.3, 0.4) is 0 Å². The van der Waals surface area contributed by atoms with Gasteiger partial charge in [-0.2, -0.15) is 0 Å². The first-order valence-electron chi connectivity index (χ1n) is 10.9. The van der Waals surface area contributed by atoms with E-state index in [1.165, 1.54) is 0 Å². The second-order valence-corrected chi connectivity index (χ2v) is 9.17. The Morgan fingerprint density at radius 1 is 1.09 bits per heavy atom. The zero-order valence-electron chi connectivity index (χ0n) is 20.0. The van der Waals surface area contributed by atoms with Gasteiger partial charge in [-0.05, 0) is 45.2 Å². The average molecular weight is 446 g/mol. The highest BCUT2D eigenvalue weighted by Gasteiger charge is 2.31. The lowest BCUT2D eigenvalue weighted by atomic mass is 10.0. The Hall–Kier alpha value is -3.03. The van der Waals surface area contributed by atoms with Crippen molar-refractivity contribution in [1.29, 1.82) is 0 Å². The number of aromatic nitrogens is 1. The van der Waals surface area contributed by atoms with Gasteiger partial charge in [-0.3, -0.25) is 4.79 Å². The summed E-state index contributed by atoms with van der Waals surface area (Å²) >= 11 is 0. The molecule has 2 aromatic rings. The zero-order valence-corrected chi connectivity index (χ0v) is 20.0. The van der Waals surface area contributed by atoms with Crippen LogP contribution in [0.25, 0.3) is 10.9 Å². The Labute approximate surface area is 189 Å². The lowest BCUT2D eigenvalue weighted by molar-refractivity contribution is -0.147. The van der Waals surface area contributed by atoms with Gasteiger partial charge in [0, 0.05) is 30.6 Å². The molecule has 176 valence electrons. The normalized spacial score (nSPS) is 13.5. The van der Waals surface area contributed by atoms with Crippen LogP contribution in [0.2, 0.25) is 0 Å². The van der Waals surface area contributed by atoms with Crippen LogP contribution in [-0.4, -0.2) is 46.8 Å². The Bertz CT molecular complexity index is 958. The molecule has 32 heavy (non-hydrogen) atoms. The molecule has 0 aliphatic heterocycles. The predicted octanol–water partition coefficient (Wildman–Crippen LogP) is 3.32. The second-order valence-electron chi connectivity index (χ2n) is 9.17. The van der Waals surface area contributed by atoms with Crippen molar-refractivity contribution in [3.8, 4) is 0 Å². The molecule has 1 aromatic carbocycles. The maximum atomic E-state index is 13.1. The van der Waals surface area contributed by atoms with Crippen molar-refractivity contribution in [3.63, 3.8) is 0 Å². The summed E-state index contributed by atoms with van der Waals surface area (Å²) in [6.45, 7) is 10.8. The largest absolute Gasteiger partial charge is 0.464 e. The van der Waals surface area contributed by atoms with Gasteiger partial charge in [0.2, 0.25) is 5.91 Å². The number of hydrogen-bond acceptors (Lipinski definition) is 5. The SMILES string of the molecule is CCOC(=O)C(Cc1cn(C)c2ccccc12)NC(=O)[C@@H](NC(=O)OC(C)(C)C)C(C)C. The van der Waals surface area contributed by atoms with Crippen molar-refractivity contribution in [2.45, 2.75) is 65.6 Å². The van der Waals surface area contributed by atoms with Gasteiger partial charge in [-0.25, -0.2) is 9.59 Å². The predicted molar refractivity (Wildman–Crippen MR) is 123 cm³/mol. The molecular weight excluding hydrogens is 410 g/mol. The summed E-state index contributed by atoms with van der Waals surface area (Å²) in [6.07, 6.45) is 1.53. The lowest BCUT2D eigenvalue weighted by Gasteiger charge is -2.26. The number of rotatable bonds is 8. The zero-order chi connectivity index (χ0) is 24.1. The Morgan fingerprint density at radius 3 is 2.34 bits per heavy atom. The third kappa shape index (κ3) is 6.73. The number of carbonyl (C=O) groups is 3. The van der Waals surface area contributed by atoms with Crippen molar-refractivity contribution in [2.75, 3.05) is 6.61 Å². The summed E-state index contributed by atoms with van der Waals surface area (Å²) in [5.41, 5.74) is 1.26. The van der Waals surface area contributed by atoms with E-state index in [2.05, 4.69) is 10.6 Å². The second kappa shape index (κ2) is 10.5. The van der Waals surface area contributed by atoms with Crippen molar-refractivity contribution in [2.24, 2.45) is 13.0 Å². The van der Waals surface area contributed by atoms with E-state index in [0.717, 1.165) is 16.5 Å². The van der Waals surface area contributed by atoms with E-state index >= 15 is 0 Å². The van der Waals surface area contributed by atoms with Crippen molar-refractivity contribution in [3.05, 3.63) is 36.0 Å². The van der Waals surface area contributed by atoms with Gasteiger partial charge in [0.25, 0.3) is 0 Å². The molecule has 2 rings (SSSR count). The van der Waals surface area contributed by atoms with Gasteiger partial charge in [-0.1, -0.05) is 32.0 Å². The molecule has 0 saturated heterocycles.